The second-order valence-corrected chi connectivity index (χ2v) is 6.09. The van der Waals surface area contributed by atoms with Gasteiger partial charge in [-0.3, -0.25) is 4.79 Å². The zero-order valence-corrected chi connectivity index (χ0v) is 15.8. The molecule has 0 bridgehead atoms. The summed E-state index contributed by atoms with van der Waals surface area (Å²) in [4.78, 5) is 12.6. The summed E-state index contributed by atoms with van der Waals surface area (Å²) in [5.41, 5.74) is 2.26. The first-order valence-electron chi connectivity index (χ1n) is 9.05. The van der Waals surface area contributed by atoms with E-state index in [0.29, 0.717) is 36.8 Å². The number of hydrogen-bond acceptors (Lipinski definition) is 4. The van der Waals surface area contributed by atoms with Crippen molar-refractivity contribution in [2.24, 2.45) is 0 Å². The Bertz CT molecular complexity index is 879. The van der Waals surface area contributed by atoms with E-state index in [1.54, 1.807) is 25.3 Å². The van der Waals surface area contributed by atoms with Crippen LogP contribution in [0, 0.1) is 0 Å². The van der Waals surface area contributed by atoms with Gasteiger partial charge in [-0.1, -0.05) is 42.5 Å². The van der Waals surface area contributed by atoms with Gasteiger partial charge in [-0.05, 0) is 42.0 Å². The monoisotopic (exact) mass is 377 g/mol. The highest BCUT2D eigenvalue weighted by Crippen LogP contribution is 2.21. The van der Waals surface area contributed by atoms with Gasteiger partial charge in [0.05, 0.1) is 12.2 Å². The number of amides is 1. The Morgan fingerprint density at radius 2 is 1.54 bits per heavy atom. The van der Waals surface area contributed by atoms with Crippen LogP contribution in [0.15, 0.2) is 78.9 Å². The number of carbonyl (C=O) groups is 1. The molecule has 5 heteroatoms. The molecule has 0 saturated carbocycles. The summed E-state index contributed by atoms with van der Waals surface area (Å²) in [7, 11) is 1.61. The summed E-state index contributed by atoms with van der Waals surface area (Å²) in [6.07, 6.45) is 0. The zero-order chi connectivity index (χ0) is 19.6. The van der Waals surface area contributed by atoms with Crippen molar-refractivity contribution in [2.75, 3.05) is 25.6 Å². The molecular weight excluding hydrogens is 354 g/mol. The van der Waals surface area contributed by atoms with E-state index in [1.165, 1.54) is 0 Å². The lowest BCUT2D eigenvalue weighted by molar-refractivity contribution is 0.101. The first-order chi connectivity index (χ1) is 13.8. The second kappa shape index (κ2) is 10.1. The minimum absolute atomic E-state index is 0.231. The van der Waals surface area contributed by atoms with Gasteiger partial charge < -0.3 is 19.5 Å². The number of methoxy groups -OCH3 is 1. The molecule has 28 heavy (non-hydrogen) atoms. The van der Waals surface area contributed by atoms with Crippen LogP contribution in [0.25, 0.3) is 0 Å². The van der Waals surface area contributed by atoms with Gasteiger partial charge in [0.1, 0.15) is 24.7 Å². The Balaban J connectivity index is 1.59. The summed E-state index contributed by atoms with van der Waals surface area (Å²) < 4.78 is 16.4. The maximum Gasteiger partial charge on any atom is 0.259 e. The lowest BCUT2D eigenvalue weighted by Gasteiger charge is -2.12. The number of rotatable bonds is 9. The second-order valence-electron chi connectivity index (χ2n) is 6.09. The van der Waals surface area contributed by atoms with E-state index in [0.717, 1.165) is 11.3 Å². The van der Waals surface area contributed by atoms with Crippen LogP contribution in [0.1, 0.15) is 15.9 Å². The number of para-hydroxylation sites is 1. The van der Waals surface area contributed by atoms with Crippen LogP contribution in [0.2, 0.25) is 0 Å². The van der Waals surface area contributed by atoms with E-state index in [1.807, 2.05) is 60.7 Å². The molecule has 0 heterocycles. The molecule has 144 valence electrons. The number of hydrogen-bond donors (Lipinski definition) is 1. The van der Waals surface area contributed by atoms with Gasteiger partial charge in [0.2, 0.25) is 0 Å². The smallest absolute Gasteiger partial charge is 0.259 e. The lowest BCUT2D eigenvalue weighted by atomic mass is 10.2. The molecule has 3 aromatic carbocycles. The maximum absolute atomic E-state index is 12.6. The van der Waals surface area contributed by atoms with Crippen LogP contribution in [-0.2, 0) is 11.3 Å². The highest BCUT2D eigenvalue weighted by atomic mass is 16.5. The summed E-state index contributed by atoms with van der Waals surface area (Å²) in [6.45, 7) is 1.34. The summed E-state index contributed by atoms with van der Waals surface area (Å²) in [5.74, 6) is 1.04. The molecular formula is C23H23NO4. The van der Waals surface area contributed by atoms with Gasteiger partial charge in [0.25, 0.3) is 5.91 Å². The van der Waals surface area contributed by atoms with Gasteiger partial charge in [-0.25, -0.2) is 0 Å². The Morgan fingerprint density at radius 1 is 0.821 bits per heavy atom. The Morgan fingerprint density at radius 3 is 2.29 bits per heavy atom. The Kier molecular flexibility index (Phi) is 7.04. The van der Waals surface area contributed by atoms with Crippen molar-refractivity contribution in [2.45, 2.75) is 6.61 Å². The van der Waals surface area contributed by atoms with E-state index < -0.39 is 0 Å². The fraction of sp³-hybridized carbons (Fsp3) is 0.174. The largest absolute Gasteiger partial charge is 0.490 e. The van der Waals surface area contributed by atoms with Crippen LogP contribution in [0.4, 0.5) is 5.69 Å². The summed E-state index contributed by atoms with van der Waals surface area (Å²) in [6, 6.07) is 24.4. The molecule has 0 aliphatic carbocycles. The molecule has 1 N–H and O–H groups in total. The summed E-state index contributed by atoms with van der Waals surface area (Å²) in [5, 5.41) is 2.88. The predicted molar refractivity (Wildman–Crippen MR) is 109 cm³/mol. The number of ether oxygens (including phenoxy) is 3. The fourth-order valence-corrected chi connectivity index (χ4v) is 2.59. The minimum Gasteiger partial charge on any atom is -0.490 e. The molecule has 0 radical (unpaired) electrons. The molecule has 0 saturated heterocycles. The fourth-order valence-electron chi connectivity index (χ4n) is 2.59. The first kappa shape index (κ1) is 19.5. The summed E-state index contributed by atoms with van der Waals surface area (Å²) >= 11 is 0. The minimum atomic E-state index is -0.231. The molecule has 0 atom stereocenters. The molecule has 0 aliphatic rings. The first-order valence-corrected chi connectivity index (χ1v) is 9.05. The van der Waals surface area contributed by atoms with Gasteiger partial charge in [0, 0.05) is 12.8 Å². The third-order valence-electron chi connectivity index (χ3n) is 4.04. The standard InChI is InChI=1S/C23H23NO4/c1-26-15-16-27-22-10-6-5-9-21(22)23(25)24-19-11-13-20(14-12-19)28-17-18-7-3-2-4-8-18/h2-14H,15-17H2,1H3,(H,24,25). The van der Waals surface area contributed by atoms with E-state index in [2.05, 4.69) is 5.32 Å². The van der Waals surface area contributed by atoms with Crippen molar-refractivity contribution in [3.63, 3.8) is 0 Å². The average molecular weight is 377 g/mol. The quantitative estimate of drug-likeness (QED) is 0.556. The van der Waals surface area contributed by atoms with Gasteiger partial charge in [-0.15, -0.1) is 0 Å². The van der Waals surface area contributed by atoms with E-state index in [9.17, 15) is 4.79 Å². The van der Waals surface area contributed by atoms with Crippen molar-refractivity contribution in [1.82, 2.24) is 0 Å². The number of nitrogens with one attached hydrogen (secondary N) is 1. The van der Waals surface area contributed by atoms with E-state index in [-0.39, 0.29) is 5.91 Å². The number of carbonyl (C=O) groups excluding carboxylic acids is 1. The highest BCUT2D eigenvalue weighted by molar-refractivity contribution is 6.06. The van der Waals surface area contributed by atoms with Gasteiger partial charge in [-0.2, -0.15) is 0 Å². The molecule has 0 fully saturated rings. The van der Waals surface area contributed by atoms with Crippen molar-refractivity contribution in [3.05, 3.63) is 90.0 Å². The Hall–Kier alpha value is -3.31. The third-order valence-corrected chi connectivity index (χ3v) is 4.04. The molecule has 1 amide bonds. The van der Waals surface area contributed by atoms with Crippen LogP contribution >= 0.6 is 0 Å². The normalized spacial score (nSPS) is 10.3. The number of anilines is 1. The molecule has 0 spiro atoms. The Labute approximate surface area is 164 Å². The highest BCUT2D eigenvalue weighted by Gasteiger charge is 2.12. The molecule has 0 unspecified atom stereocenters. The van der Waals surface area contributed by atoms with E-state index in [4.69, 9.17) is 14.2 Å². The van der Waals surface area contributed by atoms with Crippen LogP contribution in [0.5, 0.6) is 11.5 Å². The van der Waals surface area contributed by atoms with Crippen LogP contribution in [0.3, 0.4) is 0 Å². The van der Waals surface area contributed by atoms with Crippen molar-refractivity contribution in [3.8, 4) is 11.5 Å². The predicted octanol–water partition coefficient (Wildman–Crippen LogP) is 4.54. The third kappa shape index (κ3) is 5.59. The van der Waals surface area contributed by atoms with E-state index >= 15 is 0 Å². The molecule has 0 aromatic heterocycles. The average Bonchev–Trinajstić information content (AvgIpc) is 2.74. The maximum atomic E-state index is 12.6. The molecule has 3 aromatic rings. The van der Waals surface area contributed by atoms with Crippen molar-refractivity contribution < 1.29 is 19.0 Å². The van der Waals surface area contributed by atoms with Crippen LogP contribution in [-0.4, -0.2) is 26.2 Å². The van der Waals surface area contributed by atoms with Crippen LogP contribution < -0.4 is 14.8 Å². The van der Waals surface area contributed by atoms with Crippen molar-refractivity contribution >= 4 is 11.6 Å². The topological polar surface area (TPSA) is 56.8 Å². The van der Waals surface area contributed by atoms with Gasteiger partial charge >= 0.3 is 0 Å². The molecule has 0 aliphatic heterocycles. The lowest BCUT2D eigenvalue weighted by Crippen LogP contribution is -2.14. The molecule has 3 rings (SSSR count). The zero-order valence-electron chi connectivity index (χ0n) is 15.8. The molecule has 5 nitrogen and oxygen atoms in total. The SMILES string of the molecule is COCCOc1ccccc1C(=O)Nc1ccc(OCc2ccccc2)cc1. The number of benzene rings is 3. The van der Waals surface area contributed by atoms with Crippen molar-refractivity contribution in [1.29, 1.82) is 0 Å². The van der Waals surface area contributed by atoms with Gasteiger partial charge in [0.15, 0.2) is 0 Å².